The topological polar surface area (TPSA) is 97.3 Å². The van der Waals surface area contributed by atoms with Crippen LogP contribution in [0.5, 0.6) is 0 Å². The Labute approximate surface area is 120 Å². The van der Waals surface area contributed by atoms with Crippen molar-refractivity contribution < 1.29 is 4.79 Å². The Morgan fingerprint density at radius 1 is 1.53 bits per heavy atom. The number of nitrogens with zero attached hydrogens (tertiary/aromatic N) is 2. The first-order chi connectivity index (χ1) is 9.04. The molecule has 1 aromatic rings. The fourth-order valence-corrected chi connectivity index (χ4v) is 2.57. The zero-order valence-corrected chi connectivity index (χ0v) is 12.2. The van der Waals surface area contributed by atoms with Crippen LogP contribution in [-0.2, 0) is 4.79 Å². The number of anilines is 2. The number of hydrogen-bond acceptors (Lipinski definition) is 5. The van der Waals surface area contributed by atoms with Crippen molar-refractivity contribution in [2.75, 3.05) is 30.7 Å². The van der Waals surface area contributed by atoms with E-state index in [9.17, 15) is 4.79 Å². The molecule has 19 heavy (non-hydrogen) atoms. The summed E-state index contributed by atoms with van der Waals surface area (Å²) < 4.78 is 0.867. The number of nitrogen functional groups attached to an aromatic ring is 1. The molecular weight excluding hydrogens is 310 g/mol. The van der Waals surface area contributed by atoms with E-state index in [0.717, 1.165) is 36.2 Å². The standard InChI is InChI=1S/C12H18BrN5O/c13-8-5-10(14)12(16-6-8)17-9-1-3-18(4-2-9)7-11(15)19/h5-6,9H,1-4,7,14H2,(H2,15,19)(H,16,17). The number of pyridine rings is 1. The Hall–Kier alpha value is -1.34. The summed E-state index contributed by atoms with van der Waals surface area (Å²) in [5.41, 5.74) is 11.7. The number of carbonyl (C=O) groups excluding carboxylic acids is 1. The number of nitrogens with one attached hydrogen (secondary N) is 1. The first-order valence-electron chi connectivity index (χ1n) is 6.23. The first kappa shape index (κ1) is 14.1. The Morgan fingerprint density at radius 3 is 2.79 bits per heavy atom. The quantitative estimate of drug-likeness (QED) is 0.759. The van der Waals surface area contributed by atoms with E-state index in [-0.39, 0.29) is 5.91 Å². The summed E-state index contributed by atoms with van der Waals surface area (Å²) in [6.45, 7) is 2.06. The molecule has 1 aromatic heterocycles. The van der Waals surface area contributed by atoms with Crippen LogP contribution in [0.25, 0.3) is 0 Å². The van der Waals surface area contributed by atoms with Gasteiger partial charge in [-0.2, -0.15) is 0 Å². The molecule has 1 aliphatic heterocycles. The van der Waals surface area contributed by atoms with Gasteiger partial charge in [0.25, 0.3) is 0 Å². The number of rotatable bonds is 4. The number of carbonyl (C=O) groups is 1. The van der Waals surface area contributed by atoms with Crippen LogP contribution in [0.2, 0.25) is 0 Å². The molecule has 2 rings (SSSR count). The van der Waals surface area contributed by atoms with Crippen LogP contribution in [0.15, 0.2) is 16.7 Å². The minimum absolute atomic E-state index is 0.273. The Morgan fingerprint density at radius 2 is 2.21 bits per heavy atom. The van der Waals surface area contributed by atoms with E-state index in [1.54, 1.807) is 6.20 Å². The van der Waals surface area contributed by atoms with Gasteiger partial charge in [0, 0.05) is 29.8 Å². The third kappa shape index (κ3) is 4.07. The van der Waals surface area contributed by atoms with Crippen LogP contribution in [-0.4, -0.2) is 41.5 Å². The number of amides is 1. The van der Waals surface area contributed by atoms with E-state index in [0.29, 0.717) is 18.3 Å². The molecule has 1 fully saturated rings. The van der Waals surface area contributed by atoms with E-state index >= 15 is 0 Å². The summed E-state index contributed by atoms with van der Waals surface area (Å²) in [5, 5.41) is 3.35. The number of hydrogen-bond donors (Lipinski definition) is 3. The van der Waals surface area contributed by atoms with Crippen molar-refractivity contribution in [3.05, 3.63) is 16.7 Å². The molecule has 104 valence electrons. The summed E-state index contributed by atoms with van der Waals surface area (Å²) >= 11 is 3.33. The van der Waals surface area contributed by atoms with E-state index in [2.05, 4.69) is 31.1 Å². The summed E-state index contributed by atoms with van der Waals surface area (Å²) in [6.07, 6.45) is 3.62. The third-order valence-electron chi connectivity index (χ3n) is 3.19. The van der Waals surface area contributed by atoms with E-state index in [4.69, 9.17) is 11.5 Å². The number of nitrogens with two attached hydrogens (primary N) is 2. The van der Waals surface area contributed by atoms with Gasteiger partial charge >= 0.3 is 0 Å². The van der Waals surface area contributed by atoms with Crippen LogP contribution in [0, 0.1) is 0 Å². The molecule has 2 heterocycles. The summed E-state index contributed by atoms with van der Waals surface area (Å²) in [7, 11) is 0. The largest absolute Gasteiger partial charge is 0.396 e. The molecule has 0 atom stereocenters. The molecule has 0 radical (unpaired) electrons. The second-order valence-corrected chi connectivity index (χ2v) is 5.67. The molecule has 0 aliphatic carbocycles. The monoisotopic (exact) mass is 327 g/mol. The van der Waals surface area contributed by atoms with Crippen molar-refractivity contribution in [3.8, 4) is 0 Å². The predicted octanol–water partition coefficient (Wildman–Crippen LogP) is 0.788. The fourth-order valence-electron chi connectivity index (χ4n) is 2.22. The molecule has 0 bridgehead atoms. The molecule has 1 saturated heterocycles. The van der Waals surface area contributed by atoms with Gasteiger partial charge in [-0.1, -0.05) is 0 Å². The lowest BCUT2D eigenvalue weighted by molar-refractivity contribution is -0.119. The minimum Gasteiger partial charge on any atom is -0.396 e. The van der Waals surface area contributed by atoms with Gasteiger partial charge in [-0.15, -0.1) is 0 Å². The number of likely N-dealkylation sites (tertiary alicyclic amines) is 1. The van der Waals surface area contributed by atoms with Crippen LogP contribution < -0.4 is 16.8 Å². The van der Waals surface area contributed by atoms with Crippen LogP contribution in [0.1, 0.15) is 12.8 Å². The second kappa shape index (κ2) is 6.21. The summed E-state index contributed by atoms with van der Waals surface area (Å²) in [5.74, 6) is 0.446. The highest BCUT2D eigenvalue weighted by atomic mass is 79.9. The zero-order valence-electron chi connectivity index (χ0n) is 10.6. The Kier molecular flexibility index (Phi) is 4.60. The maximum absolute atomic E-state index is 10.9. The molecule has 7 heteroatoms. The van der Waals surface area contributed by atoms with Gasteiger partial charge in [-0.3, -0.25) is 9.69 Å². The van der Waals surface area contributed by atoms with Gasteiger partial charge < -0.3 is 16.8 Å². The third-order valence-corrected chi connectivity index (χ3v) is 3.63. The number of piperidine rings is 1. The van der Waals surface area contributed by atoms with Gasteiger partial charge in [0.2, 0.25) is 5.91 Å². The van der Waals surface area contributed by atoms with E-state index in [1.807, 2.05) is 6.07 Å². The number of halogens is 1. The molecule has 1 amide bonds. The van der Waals surface area contributed by atoms with Crippen molar-refractivity contribution in [2.24, 2.45) is 5.73 Å². The predicted molar refractivity (Wildman–Crippen MR) is 78.6 cm³/mol. The molecule has 1 aliphatic rings. The summed E-state index contributed by atoms with van der Waals surface area (Å²) in [4.78, 5) is 17.2. The minimum atomic E-state index is -0.273. The van der Waals surface area contributed by atoms with Crippen molar-refractivity contribution in [3.63, 3.8) is 0 Å². The normalized spacial score (nSPS) is 17.3. The molecule has 0 spiro atoms. The van der Waals surface area contributed by atoms with E-state index in [1.165, 1.54) is 0 Å². The highest BCUT2D eigenvalue weighted by Gasteiger charge is 2.20. The van der Waals surface area contributed by atoms with Gasteiger partial charge in [-0.25, -0.2) is 4.98 Å². The van der Waals surface area contributed by atoms with Gasteiger partial charge in [0.15, 0.2) is 0 Å². The van der Waals surface area contributed by atoms with Gasteiger partial charge in [0.1, 0.15) is 5.82 Å². The van der Waals surface area contributed by atoms with Crippen molar-refractivity contribution >= 4 is 33.3 Å². The average Bonchev–Trinajstić information content (AvgIpc) is 2.34. The van der Waals surface area contributed by atoms with Crippen molar-refractivity contribution in [2.45, 2.75) is 18.9 Å². The lowest BCUT2D eigenvalue weighted by atomic mass is 10.0. The molecule has 0 saturated carbocycles. The van der Waals surface area contributed by atoms with Crippen molar-refractivity contribution in [1.29, 1.82) is 0 Å². The molecule has 6 nitrogen and oxygen atoms in total. The van der Waals surface area contributed by atoms with Crippen LogP contribution in [0.4, 0.5) is 11.5 Å². The molecule has 0 aromatic carbocycles. The SMILES string of the molecule is NC(=O)CN1CCC(Nc2ncc(Br)cc2N)CC1. The lowest BCUT2D eigenvalue weighted by Crippen LogP contribution is -2.43. The Bertz CT molecular complexity index is 459. The van der Waals surface area contributed by atoms with Gasteiger partial charge in [-0.05, 0) is 34.8 Å². The van der Waals surface area contributed by atoms with Crippen LogP contribution in [0.3, 0.4) is 0 Å². The highest BCUT2D eigenvalue weighted by molar-refractivity contribution is 9.10. The Balaban J connectivity index is 1.87. The maximum atomic E-state index is 10.9. The van der Waals surface area contributed by atoms with Crippen molar-refractivity contribution in [1.82, 2.24) is 9.88 Å². The smallest absolute Gasteiger partial charge is 0.231 e. The molecule has 5 N–H and O–H groups in total. The summed E-state index contributed by atoms with van der Waals surface area (Å²) in [6, 6.07) is 2.16. The fraction of sp³-hybridized carbons (Fsp3) is 0.500. The molecular formula is C12H18BrN5O. The highest BCUT2D eigenvalue weighted by Crippen LogP contribution is 2.22. The first-order valence-corrected chi connectivity index (χ1v) is 7.02. The maximum Gasteiger partial charge on any atom is 0.231 e. The second-order valence-electron chi connectivity index (χ2n) is 4.75. The lowest BCUT2D eigenvalue weighted by Gasteiger charge is -2.31. The number of aromatic nitrogens is 1. The zero-order chi connectivity index (χ0) is 13.8. The average molecular weight is 328 g/mol. The van der Waals surface area contributed by atoms with Crippen LogP contribution >= 0.6 is 15.9 Å². The number of primary amides is 1. The molecule has 0 unspecified atom stereocenters. The van der Waals surface area contributed by atoms with E-state index < -0.39 is 0 Å². The van der Waals surface area contributed by atoms with Gasteiger partial charge in [0.05, 0.1) is 12.2 Å².